The van der Waals surface area contributed by atoms with Crippen LogP contribution in [0.4, 0.5) is 20.2 Å². The second kappa shape index (κ2) is 6.31. The molecule has 0 aliphatic rings. The first-order valence-corrected chi connectivity index (χ1v) is 8.43. The molecule has 0 amide bonds. The second-order valence-corrected chi connectivity index (χ2v) is 6.73. The number of hydrogen-bond acceptors (Lipinski definition) is 3. The molecule has 4 nitrogen and oxygen atoms in total. The van der Waals surface area contributed by atoms with Crippen molar-refractivity contribution in [3.8, 4) is 0 Å². The van der Waals surface area contributed by atoms with Gasteiger partial charge in [-0.25, -0.2) is 17.2 Å². The van der Waals surface area contributed by atoms with Gasteiger partial charge in [0, 0.05) is 11.7 Å². The number of nitrogens with one attached hydrogen (secondary N) is 2. The summed E-state index contributed by atoms with van der Waals surface area (Å²) in [6.45, 7) is 1.79. The van der Waals surface area contributed by atoms with E-state index < -0.39 is 21.7 Å². The normalized spacial score (nSPS) is 12.7. The maximum Gasteiger partial charge on any atom is 0.229 e. The molecular weight excluding hydrogens is 310 g/mol. The van der Waals surface area contributed by atoms with E-state index >= 15 is 0 Å². The van der Waals surface area contributed by atoms with Gasteiger partial charge in [-0.1, -0.05) is 12.1 Å². The Bertz CT molecular complexity index is 762. The summed E-state index contributed by atoms with van der Waals surface area (Å²) < 4.78 is 51.3. The van der Waals surface area contributed by atoms with Crippen LogP contribution in [-0.4, -0.2) is 14.7 Å². The van der Waals surface area contributed by atoms with Gasteiger partial charge >= 0.3 is 0 Å². The predicted molar refractivity (Wildman–Crippen MR) is 83.3 cm³/mol. The van der Waals surface area contributed by atoms with Gasteiger partial charge in [0.1, 0.15) is 11.6 Å². The number of rotatable bonds is 5. The third-order valence-corrected chi connectivity index (χ3v) is 3.62. The molecule has 2 rings (SSSR count). The largest absolute Gasteiger partial charge is 0.376 e. The fourth-order valence-electron chi connectivity index (χ4n) is 1.98. The molecule has 7 heteroatoms. The van der Waals surface area contributed by atoms with Crippen molar-refractivity contribution < 1.29 is 17.2 Å². The lowest BCUT2D eigenvalue weighted by molar-refractivity contribution is 0.600. The van der Waals surface area contributed by atoms with Crippen molar-refractivity contribution in [2.75, 3.05) is 16.3 Å². The monoisotopic (exact) mass is 326 g/mol. The molecule has 0 fully saturated rings. The number of benzene rings is 2. The van der Waals surface area contributed by atoms with Gasteiger partial charge in [-0.3, -0.25) is 4.72 Å². The molecule has 1 unspecified atom stereocenters. The molecule has 0 saturated heterocycles. The van der Waals surface area contributed by atoms with Crippen LogP contribution in [0.15, 0.2) is 42.5 Å². The van der Waals surface area contributed by atoms with Crippen LogP contribution in [0.25, 0.3) is 0 Å². The molecule has 0 aliphatic heterocycles. The summed E-state index contributed by atoms with van der Waals surface area (Å²) in [7, 11) is -3.33. The highest BCUT2D eigenvalue weighted by Crippen LogP contribution is 2.23. The Morgan fingerprint density at radius 3 is 2.27 bits per heavy atom. The number of sulfonamides is 1. The van der Waals surface area contributed by atoms with Gasteiger partial charge in [0.05, 0.1) is 11.9 Å². The fourth-order valence-corrected chi connectivity index (χ4v) is 2.54. The van der Waals surface area contributed by atoms with Gasteiger partial charge in [-0.05, 0) is 42.8 Å². The Kier molecular flexibility index (Phi) is 4.65. The smallest absolute Gasteiger partial charge is 0.229 e. The molecule has 0 aromatic heterocycles. The fraction of sp³-hybridized carbons (Fsp3) is 0.200. The van der Waals surface area contributed by atoms with Gasteiger partial charge in [0.25, 0.3) is 0 Å². The van der Waals surface area contributed by atoms with Crippen molar-refractivity contribution in [1.29, 1.82) is 0 Å². The van der Waals surface area contributed by atoms with Gasteiger partial charge in [-0.2, -0.15) is 0 Å². The van der Waals surface area contributed by atoms with E-state index in [4.69, 9.17) is 0 Å². The van der Waals surface area contributed by atoms with Crippen molar-refractivity contribution in [1.82, 2.24) is 0 Å². The van der Waals surface area contributed by atoms with Crippen LogP contribution in [0.3, 0.4) is 0 Å². The zero-order valence-electron chi connectivity index (χ0n) is 12.1. The molecule has 2 N–H and O–H groups in total. The van der Waals surface area contributed by atoms with E-state index in [9.17, 15) is 17.2 Å². The summed E-state index contributed by atoms with van der Waals surface area (Å²) >= 11 is 0. The van der Waals surface area contributed by atoms with Crippen LogP contribution in [0.5, 0.6) is 0 Å². The van der Waals surface area contributed by atoms with E-state index in [1.807, 2.05) is 0 Å². The Labute approximate surface area is 128 Å². The van der Waals surface area contributed by atoms with E-state index in [1.165, 1.54) is 0 Å². The topological polar surface area (TPSA) is 58.2 Å². The zero-order valence-corrected chi connectivity index (χ0v) is 12.9. The van der Waals surface area contributed by atoms with E-state index in [0.29, 0.717) is 5.69 Å². The Hall–Kier alpha value is -2.15. The lowest BCUT2D eigenvalue weighted by Crippen LogP contribution is -2.10. The summed E-state index contributed by atoms with van der Waals surface area (Å²) in [5.74, 6) is -1.06. The Morgan fingerprint density at radius 2 is 1.68 bits per heavy atom. The summed E-state index contributed by atoms with van der Waals surface area (Å²) in [6, 6.07) is 9.56. The molecule has 118 valence electrons. The minimum absolute atomic E-state index is 0.0748. The highest BCUT2D eigenvalue weighted by molar-refractivity contribution is 7.92. The van der Waals surface area contributed by atoms with Crippen LogP contribution in [0.1, 0.15) is 18.5 Å². The molecule has 1 atom stereocenters. The lowest BCUT2D eigenvalue weighted by Gasteiger charge is -2.17. The SMILES string of the molecule is CC(Nc1cc(F)ccc1F)c1ccc(NS(C)(=O)=O)cc1. The van der Waals surface area contributed by atoms with Crippen molar-refractivity contribution in [2.24, 2.45) is 0 Å². The Morgan fingerprint density at radius 1 is 1.05 bits per heavy atom. The summed E-state index contributed by atoms with van der Waals surface area (Å²) in [6.07, 6.45) is 1.07. The number of anilines is 2. The molecule has 0 saturated carbocycles. The van der Waals surface area contributed by atoms with Crippen LogP contribution in [0, 0.1) is 11.6 Å². The van der Waals surface area contributed by atoms with Crippen molar-refractivity contribution in [3.05, 3.63) is 59.7 Å². The molecular formula is C15H16F2N2O2S. The van der Waals surface area contributed by atoms with Crippen LogP contribution in [-0.2, 0) is 10.0 Å². The van der Waals surface area contributed by atoms with E-state index in [2.05, 4.69) is 10.0 Å². The minimum Gasteiger partial charge on any atom is -0.376 e. The first-order valence-electron chi connectivity index (χ1n) is 6.54. The van der Waals surface area contributed by atoms with Crippen molar-refractivity contribution in [3.63, 3.8) is 0 Å². The Balaban J connectivity index is 2.13. The minimum atomic E-state index is -3.33. The average Bonchev–Trinajstić information content (AvgIpc) is 2.42. The zero-order chi connectivity index (χ0) is 16.3. The quantitative estimate of drug-likeness (QED) is 0.884. The van der Waals surface area contributed by atoms with E-state index in [1.54, 1.807) is 31.2 Å². The first-order chi connectivity index (χ1) is 10.2. The average molecular weight is 326 g/mol. The summed E-state index contributed by atoms with van der Waals surface area (Å²) in [5, 5.41) is 2.88. The lowest BCUT2D eigenvalue weighted by atomic mass is 10.1. The molecule has 0 spiro atoms. The third-order valence-electron chi connectivity index (χ3n) is 3.01. The highest BCUT2D eigenvalue weighted by Gasteiger charge is 2.10. The maximum absolute atomic E-state index is 13.6. The number of hydrogen-bond donors (Lipinski definition) is 2. The second-order valence-electron chi connectivity index (χ2n) is 4.99. The van der Waals surface area contributed by atoms with Gasteiger partial charge < -0.3 is 5.32 Å². The van der Waals surface area contributed by atoms with Gasteiger partial charge in [0.15, 0.2) is 0 Å². The summed E-state index contributed by atoms with van der Waals surface area (Å²) in [4.78, 5) is 0. The van der Waals surface area contributed by atoms with E-state index in [0.717, 1.165) is 30.0 Å². The molecule has 0 aliphatic carbocycles. The van der Waals surface area contributed by atoms with E-state index in [-0.39, 0.29) is 11.7 Å². The maximum atomic E-state index is 13.6. The van der Waals surface area contributed by atoms with Crippen LogP contribution >= 0.6 is 0 Å². The van der Waals surface area contributed by atoms with Crippen molar-refractivity contribution in [2.45, 2.75) is 13.0 Å². The summed E-state index contributed by atoms with van der Waals surface area (Å²) in [5.41, 5.74) is 1.32. The molecule has 22 heavy (non-hydrogen) atoms. The molecule has 0 heterocycles. The molecule has 0 bridgehead atoms. The molecule has 0 radical (unpaired) electrons. The van der Waals surface area contributed by atoms with Gasteiger partial charge in [-0.15, -0.1) is 0 Å². The highest BCUT2D eigenvalue weighted by atomic mass is 32.2. The van der Waals surface area contributed by atoms with Gasteiger partial charge in [0.2, 0.25) is 10.0 Å². The predicted octanol–water partition coefficient (Wildman–Crippen LogP) is 3.51. The molecule has 2 aromatic carbocycles. The third kappa shape index (κ3) is 4.42. The van der Waals surface area contributed by atoms with Crippen LogP contribution < -0.4 is 10.0 Å². The molecule has 2 aromatic rings. The number of halogens is 2. The standard InChI is InChI=1S/C15H16F2N2O2S/c1-10(18-15-9-12(16)5-8-14(15)17)11-3-6-13(7-4-11)19-22(2,20)21/h3-10,18-19H,1-2H3. The first kappa shape index (κ1) is 16.2. The van der Waals surface area contributed by atoms with Crippen LogP contribution in [0.2, 0.25) is 0 Å². The van der Waals surface area contributed by atoms with Crippen molar-refractivity contribution >= 4 is 21.4 Å².